The number of carbonyl (C=O) groups excluding carboxylic acids is 3. The average molecular weight is 768 g/mol. The second-order valence-corrected chi connectivity index (χ2v) is 15.8. The number of amides is 3. The maximum atomic E-state index is 13.2. The molecule has 3 aromatic rings. The van der Waals surface area contributed by atoms with Gasteiger partial charge in [-0.05, 0) is 114 Å². The molecule has 0 saturated heterocycles. The van der Waals surface area contributed by atoms with Gasteiger partial charge in [0.15, 0.2) is 0 Å². The van der Waals surface area contributed by atoms with Crippen LogP contribution in [0.1, 0.15) is 54.4 Å². The van der Waals surface area contributed by atoms with Gasteiger partial charge in [-0.15, -0.1) is 23.5 Å². The minimum atomic E-state index is -5.07. The molecule has 0 bridgehead atoms. The van der Waals surface area contributed by atoms with Crippen molar-refractivity contribution in [1.82, 2.24) is 19.8 Å². The van der Waals surface area contributed by atoms with E-state index in [1.807, 2.05) is 48.5 Å². The number of rotatable bonds is 16. The van der Waals surface area contributed by atoms with Gasteiger partial charge < -0.3 is 39.9 Å². The lowest BCUT2D eigenvalue weighted by Crippen LogP contribution is -2.35. The number of hydrogen-bond donors (Lipinski definition) is 4. The molecule has 52 heavy (non-hydrogen) atoms. The van der Waals surface area contributed by atoms with Crippen LogP contribution in [-0.2, 0) is 27.4 Å². The molecule has 3 amide bonds. The summed E-state index contributed by atoms with van der Waals surface area (Å²) in [7, 11) is 0. The predicted octanol–water partition coefficient (Wildman–Crippen LogP) is 7.43. The Morgan fingerprint density at radius 1 is 0.673 bits per heavy atom. The van der Waals surface area contributed by atoms with Crippen molar-refractivity contribution in [3.05, 3.63) is 66.5 Å². The first-order valence-electron chi connectivity index (χ1n) is 16.7. The Bertz CT molecular complexity index is 1560. The summed E-state index contributed by atoms with van der Waals surface area (Å²) in [5, 5.41) is 11.4. The number of nitrogens with one attached hydrogen (secondary N) is 4. The van der Waals surface area contributed by atoms with Gasteiger partial charge in [-0.25, -0.2) is 9.59 Å². The number of aromatic nitrogens is 2. The molecule has 0 unspecified atom stereocenters. The van der Waals surface area contributed by atoms with Crippen LogP contribution in [-0.4, -0.2) is 69.4 Å². The van der Waals surface area contributed by atoms with Gasteiger partial charge in [0.25, 0.3) is 0 Å². The highest BCUT2D eigenvalue weighted by molar-refractivity contribution is 7.99. The summed E-state index contributed by atoms with van der Waals surface area (Å²) >= 11 is 3.19. The molecule has 1 aromatic heterocycles. The Kier molecular flexibility index (Phi) is 15.9. The standard InChI is InChI=1S/C35H48F3N7O5S2/c1-33(2,3)49-31(47)41-23-39-25-9-13-27(14-10-25)51-21-7-17-44-19-20-45(30(44)43-29(46)35(36,37)38)18-8-22-52-28-15-11-26(12-16-28)40-24-42-32(48)50-34(4,5)6/h9-16,19-20,39-40H,7-8,17-18,21-24H2,1-6H3,(H,41,47)(H,42,48). The van der Waals surface area contributed by atoms with Crippen LogP contribution >= 0.6 is 23.5 Å². The van der Waals surface area contributed by atoms with Crippen molar-refractivity contribution in [2.75, 3.05) is 35.5 Å². The van der Waals surface area contributed by atoms with Crippen molar-refractivity contribution in [1.29, 1.82) is 0 Å². The van der Waals surface area contributed by atoms with Gasteiger partial charge in [0.1, 0.15) is 11.2 Å². The Labute approximate surface area is 310 Å². The molecule has 12 nitrogen and oxygen atoms in total. The van der Waals surface area contributed by atoms with Gasteiger partial charge in [-0.1, -0.05) is 0 Å². The number of anilines is 2. The first-order valence-corrected chi connectivity index (χ1v) is 18.6. The van der Waals surface area contributed by atoms with Gasteiger partial charge in [0.2, 0.25) is 5.62 Å². The normalized spacial score (nSPS) is 11.8. The number of alkyl carbamates (subject to hydrolysis) is 2. The van der Waals surface area contributed by atoms with E-state index in [2.05, 4.69) is 26.3 Å². The first-order chi connectivity index (χ1) is 24.4. The summed E-state index contributed by atoms with van der Waals surface area (Å²) < 4.78 is 53.0. The SMILES string of the molecule is CC(C)(C)OC(=O)NCNc1ccc(SCCCn2ccn(CCCSc3ccc(NCNC(=O)OC(C)(C)C)cc3)c2=NC(=O)C(F)(F)F)cc1. The number of carbonyl (C=O) groups is 3. The fourth-order valence-electron chi connectivity index (χ4n) is 4.34. The zero-order valence-electron chi connectivity index (χ0n) is 30.3. The molecule has 4 N–H and O–H groups in total. The molecule has 3 rings (SSSR count). The van der Waals surface area contributed by atoms with Crippen molar-refractivity contribution in [3.63, 3.8) is 0 Å². The summed E-state index contributed by atoms with van der Waals surface area (Å²) in [4.78, 5) is 40.9. The van der Waals surface area contributed by atoms with Gasteiger partial charge in [-0.2, -0.15) is 18.2 Å². The molecule has 286 valence electrons. The number of thioether (sulfide) groups is 2. The Morgan fingerprint density at radius 3 is 1.40 bits per heavy atom. The van der Waals surface area contributed by atoms with Crippen molar-refractivity contribution < 1.29 is 37.0 Å². The van der Waals surface area contributed by atoms with Crippen LogP contribution in [0.25, 0.3) is 0 Å². The van der Waals surface area contributed by atoms with Crippen molar-refractivity contribution in [3.8, 4) is 0 Å². The second-order valence-electron chi connectivity index (χ2n) is 13.4. The maximum absolute atomic E-state index is 13.2. The fraction of sp³-hybridized carbons (Fsp3) is 0.486. The van der Waals surface area contributed by atoms with E-state index in [1.165, 1.54) is 0 Å². The minimum absolute atomic E-state index is 0.0387. The largest absolute Gasteiger partial charge is 0.473 e. The molecule has 17 heteroatoms. The summed E-state index contributed by atoms with van der Waals surface area (Å²) in [5.74, 6) is -0.776. The quantitative estimate of drug-likeness (QED) is 0.0666. The molecule has 0 atom stereocenters. The Morgan fingerprint density at radius 2 is 1.06 bits per heavy atom. The zero-order chi connectivity index (χ0) is 38.4. The third-order valence-electron chi connectivity index (χ3n) is 6.57. The van der Waals surface area contributed by atoms with Gasteiger partial charge >= 0.3 is 24.3 Å². The smallest absolute Gasteiger partial charge is 0.444 e. The minimum Gasteiger partial charge on any atom is -0.444 e. The third-order valence-corrected chi connectivity index (χ3v) is 8.76. The summed E-state index contributed by atoms with van der Waals surface area (Å²) in [6, 6.07) is 15.3. The number of benzene rings is 2. The molecule has 0 aliphatic heterocycles. The molecule has 0 fully saturated rings. The topological polar surface area (TPSA) is 140 Å². The summed E-state index contributed by atoms with van der Waals surface area (Å²) in [6.07, 6.45) is -1.56. The number of alkyl halides is 3. The number of nitrogens with zero attached hydrogens (tertiary/aromatic N) is 3. The Balaban J connectivity index is 1.46. The first kappa shape index (κ1) is 42.2. The van der Waals surface area contributed by atoms with E-state index in [4.69, 9.17) is 9.47 Å². The van der Waals surface area contributed by atoms with Crippen molar-refractivity contribution in [2.24, 2.45) is 4.99 Å². The van der Waals surface area contributed by atoms with Crippen molar-refractivity contribution >= 4 is 53.0 Å². The van der Waals surface area contributed by atoms with Crippen LogP contribution in [0.2, 0.25) is 0 Å². The van der Waals surface area contributed by atoms with Crippen LogP contribution in [0.5, 0.6) is 0 Å². The lowest BCUT2D eigenvalue weighted by molar-refractivity contribution is -0.169. The van der Waals surface area contributed by atoms with Gasteiger partial charge in [-0.3, -0.25) is 4.79 Å². The molecular formula is C35H48F3N7O5S2. The number of aryl methyl sites for hydroxylation is 2. The van der Waals surface area contributed by atoms with Crippen LogP contribution in [0.15, 0.2) is 75.7 Å². The highest BCUT2D eigenvalue weighted by atomic mass is 32.2. The molecule has 0 saturated carbocycles. The lowest BCUT2D eigenvalue weighted by Gasteiger charge is -2.20. The molecular weight excluding hydrogens is 720 g/mol. The van der Waals surface area contributed by atoms with E-state index in [1.54, 1.807) is 86.6 Å². The fourth-order valence-corrected chi connectivity index (χ4v) is 6.02. The Hall–Kier alpha value is -4.25. The second kappa shape index (κ2) is 19.5. The molecule has 0 radical (unpaired) electrons. The van der Waals surface area contributed by atoms with E-state index in [0.717, 1.165) is 21.2 Å². The number of ether oxygens (including phenoxy) is 2. The van der Waals surface area contributed by atoms with Crippen LogP contribution in [0.3, 0.4) is 0 Å². The van der Waals surface area contributed by atoms with Gasteiger partial charge in [0.05, 0.1) is 13.3 Å². The van der Waals surface area contributed by atoms with E-state index in [9.17, 15) is 27.6 Å². The van der Waals surface area contributed by atoms with Crippen LogP contribution in [0.4, 0.5) is 34.1 Å². The van der Waals surface area contributed by atoms with E-state index in [0.29, 0.717) is 37.4 Å². The predicted molar refractivity (Wildman–Crippen MR) is 198 cm³/mol. The number of hydrogen-bond acceptors (Lipinski definition) is 9. The number of halogens is 3. The van der Waals surface area contributed by atoms with E-state index < -0.39 is 35.5 Å². The van der Waals surface area contributed by atoms with Crippen LogP contribution < -0.4 is 26.9 Å². The highest BCUT2D eigenvalue weighted by Crippen LogP contribution is 2.23. The molecule has 0 aliphatic rings. The molecule has 2 aromatic carbocycles. The number of imidazole rings is 1. The molecule has 0 aliphatic carbocycles. The molecule has 1 heterocycles. The molecule has 0 spiro atoms. The monoisotopic (exact) mass is 767 g/mol. The van der Waals surface area contributed by atoms with Gasteiger partial charge in [0, 0.05) is 46.6 Å². The maximum Gasteiger partial charge on any atom is 0.473 e. The third kappa shape index (κ3) is 16.4. The lowest BCUT2D eigenvalue weighted by atomic mass is 10.2. The zero-order valence-corrected chi connectivity index (χ0v) is 31.9. The highest BCUT2D eigenvalue weighted by Gasteiger charge is 2.38. The van der Waals surface area contributed by atoms with Crippen LogP contribution in [0, 0.1) is 0 Å². The summed E-state index contributed by atoms with van der Waals surface area (Å²) in [5.41, 5.74) is 0.427. The van der Waals surface area contributed by atoms with E-state index in [-0.39, 0.29) is 19.0 Å². The van der Waals surface area contributed by atoms with E-state index >= 15 is 0 Å². The summed E-state index contributed by atoms with van der Waals surface area (Å²) in [6.45, 7) is 11.9. The van der Waals surface area contributed by atoms with Crippen molar-refractivity contribution in [2.45, 2.75) is 94.6 Å². The average Bonchev–Trinajstić information content (AvgIpc) is 3.41.